The molecule has 6 nitrogen and oxygen atoms in total. The zero-order valence-electron chi connectivity index (χ0n) is 17.9. The van der Waals surface area contributed by atoms with Crippen LogP contribution in [0.5, 0.6) is 0 Å². The van der Waals surface area contributed by atoms with Gasteiger partial charge in [0.25, 0.3) is 5.91 Å². The van der Waals surface area contributed by atoms with Gasteiger partial charge in [0, 0.05) is 44.3 Å². The molecule has 0 aromatic carbocycles. The summed E-state index contributed by atoms with van der Waals surface area (Å²) < 4.78 is 0. The Balaban J connectivity index is 1.42. The zero-order chi connectivity index (χ0) is 21.5. The van der Waals surface area contributed by atoms with E-state index in [1.807, 2.05) is 17.0 Å². The molecule has 31 heavy (non-hydrogen) atoms. The standard InChI is InChI=1S/C24H29N5OS/c25-17-20-9-4-11-26-22(20)28-13-6-14-29(16-15-28)24(30)21-10-5-12-27-23(21)31-18-19-7-2-1-3-8-19/h4-5,9-12,19H,1-3,6-8,13-16,18H2. The van der Waals surface area contributed by atoms with Gasteiger partial charge in [0.15, 0.2) is 0 Å². The fraction of sp³-hybridized carbons (Fsp3) is 0.500. The number of pyridine rings is 2. The van der Waals surface area contributed by atoms with E-state index in [9.17, 15) is 10.1 Å². The summed E-state index contributed by atoms with van der Waals surface area (Å²) in [5.74, 6) is 2.55. The van der Waals surface area contributed by atoms with Gasteiger partial charge in [0.2, 0.25) is 0 Å². The summed E-state index contributed by atoms with van der Waals surface area (Å²) in [7, 11) is 0. The van der Waals surface area contributed by atoms with Crippen LogP contribution in [-0.2, 0) is 0 Å². The van der Waals surface area contributed by atoms with Crippen molar-refractivity contribution in [2.45, 2.75) is 43.6 Å². The minimum Gasteiger partial charge on any atom is -0.354 e. The Morgan fingerprint density at radius 1 is 1.03 bits per heavy atom. The maximum Gasteiger partial charge on any atom is 0.256 e. The van der Waals surface area contributed by atoms with Gasteiger partial charge >= 0.3 is 0 Å². The molecule has 1 saturated heterocycles. The number of thioether (sulfide) groups is 1. The maximum atomic E-state index is 13.4. The largest absolute Gasteiger partial charge is 0.354 e. The van der Waals surface area contributed by atoms with E-state index in [1.165, 1.54) is 32.1 Å². The van der Waals surface area contributed by atoms with Crippen molar-refractivity contribution < 1.29 is 4.79 Å². The van der Waals surface area contributed by atoms with E-state index in [2.05, 4.69) is 20.9 Å². The highest BCUT2D eigenvalue weighted by Gasteiger charge is 2.25. The molecule has 162 valence electrons. The number of amides is 1. The molecule has 1 aliphatic carbocycles. The van der Waals surface area contributed by atoms with Gasteiger partial charge in [-0.15, -0.1) is 11.8 Å². The molecule has 2 aliphatic rings. The van der Waals surface area contributed by atoms with Crippen LogP contribution in [0.1, 0.15) is 54.4 Å². The molecule has 2 fully saturated rings. The lowest BCUT2D eigenvalue weighted by atomic mass is 9.91. The average molecular weight is 436 g/mol. The lowest BCUT2D eigenvalue weighted by molar-refractivity contribution is 0.0762. The third-order valence-electron chi connectivity index (χ3n) is 6.17. The van der Waals surface area contributed by atoms with Gasteiger partial charge in [-0.05, 0) is 49.4 Å². The van der Waals surface area contributed by atoms with Crippen molar-refractivity contribution in [1.29, 1.82) is 5.26 Å². The van der Waals surface area contributed by atoms with E-state index in [0.29, 0.717) is 36.6 Å². The number of hydrogen-bond donors (Lipinski definition) is 0. The number of rotatable bonds is 5. The van der Waals surface area contributed by atoms with E-state index < -0.39 is 0 Å². The smallest absolute Gasteiger partial charge is 0.256 e. The van der Waals surface area contributed by atoms with Gasteiger partial charge in [-0.25, -0.2) is 9.97 Å². The van der Waals surface area contributed by atoms with Crippen molar-refractivity contribution in [3.8, 4) is 6.07 Å². The van der Waals surface area contributed by atoms with Crippen LogP contribution in [0.3, 0.4) is 0 Å². The Bertz CT molecular complexity index is 938. The third kappa shape index (κ3) is 5.37. The lowest BCUT2D eigenvalue weighted by Crippen LogP contribution is -2.36. The van der Waals surface area contributed by atoms with Gasteiger partial charge in [0.05, 0.1) is 11.1 Å². The molecule has 1 amide bonds. The Kier molecular flexibility index (Phi) is 7.42. The Hall–Kier alpha value is -2.59. The van der Waals surface area contributed by atoms with Gasteiger partial charge in [-0.3, -0.25) is 4.79 Å². The van der Waals surface area contributed by atoms with Crippen LogP contribution in [0.4, 0.5) is 5.82 Å². The molecule has 7 heteroatoms. The van der Waals surface area contributed by atoms with E-state index >= 15 is 0 Å². The first kappa shape index (κ1) is 21.6. The summed E-state index contributed by atoms with van der Waals surface area (Å²) in [6.07, 6.45) is 10.9. The van der Waals surface area contributed by atoms with Crippen LogP contribution in [0, 0.1) is 17.2 Å². The van der Waals surface area contributed by atoms with Crippen molar-refractivity contribution in [2.75, 3.05) is 36.8 Å². The topological polar surface area (TPSA) is 73.1 Å². The molecule has 2 aromatic rings. The fourth-order valence-corrected chi connectivity index (χ4v) is 5.63. The van der Waals surface area contributed by atoms with E-state index in [4.69, 9.17) is 0 Å². The summed E-state index contributed by atoms with van der Waals surface area (Å²) >= 11 is 1.74. The number of nitrogens with zero attached hydrogens (tertiary/aromatic N) is 5. The number of anilines is 1. The second kappa shape index (κ2) is 10.6. The first-order valence-corrected chi connectivity index (χ1v) is 12.2. The van der Waals surface area contributed by atoms with Crippen molar-refractivity contribution in [3.63, 3.8) is 0 Å². The van der Waals surface area contributed by atoms with Crippen LogP contribution >= 0.6 is 11.8 Å². The average Bonchev–Trinajstić information content (AvgIpc) is 3.09. The molecular weight excluding hydrogens is 406 g/mol. The van der Waals surface area contributed by atoms with Crippen LogP contribution in [0.2, 0.25) is 0 Å². The summed E-state index contributed by atoms with van der Waals surface area (Å²) in [6.45, 7) is 2.77. The normalized spacial score (nSPS) is 17.8. The van der Waals surface area contributed by atoms with Crippen molar-refractivity contribution in [1.82, 2.24) is 14.9 Å². The van der Waals surface area contributed by atoms with E-state index in [-0.39, 0.29) is 5.91 Å². The summed E-state index contributed by atoms with van der Waals surface area (Å²) in [6, 6.07) is 9.57. The third-order valence-corrected chi connectivity index (χ3v) is 7.41. The number of hydrogen-bond acceptors (Lipinski definition) is 6. The molecule has 0 N–H and O–H groups in total. The minimum atomic E-state index is 0.0580. The zero-order valence-corrected chi connectivity index (χ0v) is 18.7. The number of aromatic nitrogens is 2. The number of carbonyl (C=O) groups is 1. The first-order valence-electron chi connectivity index (χ1n) is 11.2. The second-order valence-corrected chi connectivity index (χ2v) is 9.30. The van der Waals surface area contributed by atoms with Crippen LogP contribution in [0.25, 0.3) is 0 Å². The second-order valence-electron chi connectivity index (χ2n) is 8.29. The van der Waals surface area contributed by atoms with Crippen molar-refractivity contribution in [2.24, 2.45) is 5.92 Å². The van der Waals surface area contributed by atoms with E-state index in [0.717, 1.165) is 29.7 Å². The summed E-state index contributed by atoms with van der Waals surface area (Å²) in [5, 5.41) is 10.3. The highest BCUT2D eigenvalue weighted by Crippen LogP contribution is 2.31. The minimum absolute atomic E-state index is 0.0580. The lowest BCUT2D eigenvalue weighted by Gasteiger charge is -2.24. The SMILES string of the molecule is N#Cc1cccnc1N1CCCN(C(=O)c2cccnc2SCC2CCCCC2)CC1. The first-order chi connectivity index (χ1) is 15.3. The van der Waals surface area contributed by atoms with Gasteiger partial charge < -0.3 is 9.80 Å². The quantitative estimate of drug-likeness (QED) is 0.649. The highest BCUT2D eigenvalue weighted by molar-refractivity contribution is 7.99. The van der Waals surface area contributed by atoms with Crippen LogP contribution in [-0.4, -0.2) is 52.7 Å². The Labute approximate surface area is 188 Å². The molecule has 3 heterocycles. The summed E-state index contributed by atoms with van der Waals surface area (Å²) in [5.41, 5.74) is 1.29. The molecule has 0 radical (unpaired) electrons. The Morgan fingerprint density at radius 3 is 2.68 bits per heavy atom. The van der Waals surface area contributed by atoms with Crippen molar-refractivity contribution >= 4 is 23.5 Å². The summed E-state index contributed by atoms with van der Waals surface area (Å²) in [4.78, 5) is 26.4. The van der Waals surface area contributed by atoms with Gasteiger partial charge in [-0.2, -0.15) is 5.26 Å². The molecule has 0 spiro atoms. The monoisotopic (exact) mass is 435 g/mol. The predicted octanol–water partition coefficient (Wildman–Crippen LogP) is 4.37. The van der Waals surface area contributed by atoms with Gasteiger partial charge in [0.1, 0.15) is 16.9 Å². The van der Waals surface area contributed by atoms with E-state index in [1.54, 1.807) is 36.3 Å². The highest BCUT2D eigenvalue weighted by atomic mass is 32.2. The van der Waals surface area contributed by atoms with Crippen LogP contribution < -0.4 is 4.90 Å². The maximum absolute atomic E-state index is 13.4. The fourth-order valence-electron chi connectivity index (χ4n) is 4.46. The van der Waals surface area contributed by atoms with Gasteiger partial charge in [-0.1, -0.05) is 19.3 Å². The Morgan fingerprint density at radius 2 is 1.84 bits per heavy atom. The molecule has 0 unspecified atom stereocenters. The number of nitriles is 1. The molecule has 4 rings (SSSR count). The number of carbonyl (C=O) groups excluding carboxylic acids is 1. The van der Waals surface area contributed by atoms with Crippen molar-refractivity contribution in [3.05, 3.63) is 47.8 Å². The molecule has 1 aliphatic heterocycles. The molecular formula is C24H29N5OS. The molecule has 2 aromatic heterocycles. The predicted molar refractivity (Wildman–Crippen MR) is 123 cm³/mol. The molecule has 1 saturated carbocycles. The van der Waals surface area contributed by atoms with Crippen LogP contribution in [0.15, 0.2) is 41.7 Å². The molecule has 0 atom stereocenters. The molecule has 0 bridgehead atoms.